The molecule has 6 nitrogen and oxygen atoms in total. The molecule has 0 saturated heterocycles. The average Bonchev–Trinajstić information content (AvgIpc) is 2.57. The Labute approximate surface area is 138 Å². The van der Waals surface area contributed by atoms with Crippen molar-refractivity contribution < 1.29 is 9.84 Å². The van der Waals surface area contributed by atoms with Gasteiger partial charge in [-0.3, -0.25) is 9.69 Å². The number of nitrogens with zero attached hydrogens (tertiary/aromatic N) is 2. The predicted octanol–water partition coefficient (Wildman–Crippen LogP) is 1.76. The molecule has 0 fully saturated rings. The maximum absolute atomic E-state index is 12.2. The van der Waals surface area contributed by atoms with Crippen LogP contribution in [0.3, 0.4) is 0 Å². The predicted molar refractivity (Wildman–Crippen MR) is 89.1 cm³/mol. The van der Waals surface area contributed by atoms with Gasteiger partial charge in [-0.05, 0) is 24.5 Å². The van der Waals surface area contributed by atoms with Gasteiger partial charge in [0.25, 0.3) is 5.56 Å². The number of fused-ring (bicyclic) bond motifs is 1. The van der Waals surface area contributed by atoms with Crippen molar-refractivity contribution >= 4 is 11.8 Å². The van der Waals surface area contributed by atoms with Gasteiger partial charge in [-0.15, -0.1) is 0 Å². The first-order chi connectivity index (χ1) is 11.1. The highest BCUT2D eigenvalue weighted by Crippen LogP contribution is 2.26. The molecular formula is C16H19N3O3S. The highest BCUT2D eigenvalue weighted by atomic mass is 32.2. The highest BCUT2D eigenvalue weighted by Gasteiger charge is 2.22. The van der Waals surface area contributed by atoms with Gasteiger partial charge in [0.15, 0.2) is 5.16 Å². The van der Waals surface area contributed by atoms with Crippen LogP contribution in [0.4, 0.5) is 0 Å². The van der Waals surface area contributed by atoms with E-state index < -0.39 is 0 Å². The van der Waals surface area contributed by atoms with E-state index in [9.17, 15) is 9.90 Å². The van der Waals surface area contributed by atoms with Crippen molar-refractivity contribution in [2.24, 2.45) is 0 Å². The lowest BCUT2D eigenvalue weighted by Gasteiger charge is -2.28. The van der Waals surface area contributed by atoms with Gasteiger partial charge in [-0.25, -0.2) is 4.98 Å². The summed E-state index contributed by atoms with van der Waals surface area (Å²) in [4.78, 5) is 21.6. The number of rotatable bonds is 4. The molecule has 1 aliphatic rings. The summed E-state index contributed by atoms with van der Waals surface area (Å²) in [6.07, 6.45) is 2.63. The number of benzene rings is 1. The second-order valence-electron chi connectivity index (χ2n) is 5.46. The second kappa shape index (κ2) is 6.64. The summed E-state index contributed by atoms with van der Waals surface area (Å²) in [5.41, 5.74) is 2.32. The number of methoxy groups -OCH3 is 1. The molecule has 0 saturated carbocycles. The fourth-order valence-corrected chi connectivity index (χ4v) is 3.14. The van der Waals surface area contributed by atoms with Crippen LogP contribution in [0.25, 0.3) is 0 Å². The van der Waals surface area contributed by atoms with Crippen molar-refractivity contribution in [1.82, 2.24) is 14.9 Å². The third-order valence-electron chi connectivity index (χ3n) is 4.00. The van der Waals surface area contributed by atoms with Crippen LogP contribution in [0, 0.1) is 0 Å². The fraction of sp³-hybridized carbons (Fsp3) is 0.375. The molecule has 3 rings (SSSR count). The lowest BCUT2D eigenvalue weighted by Crippen LogP contribution is -2.35. The topological polar surface area (TPSA) is 78.5 Å². The lowest BCUT2D eigenvalue weighted by atomic mass is 10.1. The molecule has 0 radical (unpaired) electrons. The molecule has 2 heterocycles. The van der Waals surface area contributed by atoms with Crippen LogP contribution >= 0.6 is 11.8 Å². The molecule has 0 bridgehead atoms. The van der Waals surface area contributed by atoms with Crippen molar-refractivity contribution in [2.45, 2.75) is 24.7 Å². The third-order valence-corrected chi connectivity index (χ3v) is 4.58. The molecule has 7 heteroatoms. The van der Waals surface area contributed by atoms with E-state index in [0.717, 1.165) is 29.8 Å². The Morgan fingerprint density at radius 2 is 2.30 bits per heavy atom. The fourth-order valence-electron chi connectivity index (χ4n) is 2.75. The molecule has 0 spiro atoms. The van der Waals surface area contributed by atoms with Gasteiger partial charge >= 0.3 is 0 Å². The minimum atomic E-state index is -0.0704. The van der Waals surface area contributed by atoms with Gasteiger partial charge in [0.2, 0.25) is 0 Å². The molecule has 0 aliphatic carbocycles. The van der Waals surface area contributed by atoms with Crippen molar-refractivity contribution in [1.29, 1.82) is 0 Å². The molecular weight excluding hydrogens is 314 g/mol. The number of hydrogen-bond donors (Lipinski definition) is 2. The molecule has 0 unspecified atom stereocenters. The third kappa shape index (κ3) is 3.35. The minimum absolute atomic E-state index is 0.0704. The van der Waals surface area contributed by atoms with Crippen molar-refractivity contribution in [2.75, 3.05) is 19.9 Å². The number of H-pyrrole nitrogens is 1. The lowest BCUT2D eigenvalue weighted by molar-refractivity contribution is 0.237. The van der Waals surface area contributed by atoms with Crippen molar-refractivity contribution in [3.8, 4) is 11.5 Å². The van der Waals surface area contributed by atoms with Crippen LogP contribution in [-0.4, -0.2) is 39.9 Å². The summed E-state index contributed by atoms with van der Waals surface area (Å²) in [6, 6.07) is 5.18. The van der Waals surface area contributed by atoms with Gasteiger partial charge in [-0.1, -0.05) is 11.8 Å². The number of aromatic nitrogens is 2. The Hall–Kier alpha value is -1.99. The second-order valence-corrected chi connectivity index (χ2v) is 6.25. The van der Waals surface area contributed by atoms with Crippen LogP contribution in [0.5, 0.6) is 11.5 Å². The standard InChI is InChI=1S/C16H19N3O3S/c1-22-11-3-4-14(20)10(7-11)8-19-6-5-13-12(9-19)15(21)18-16(17-13)23-2/h3-4,7,20H,5-6,8-9H2,1-2H3,(H,17,18,21). The highest BCUT2D eigenvalue weighted by molar-refractivity contribution is 7.98. The van der Waals surface area contributed by atoms with Gasteiger partial charge in [0.05, 0.1) is 18.4 Å². The van der Waals surface area contributed by atoms with Crippen LogP contribution < -0.4 is 10.3 Å². The molecule has 2 N–H and O–H groups in total. The quantitative estimate of drug-likeness (QED) is 0.656. The maximum atomic E-state index is 12.2. The average molecular weight is 333 g/mol. The van der Waals surface area contributed by atoms with Crippen LogP contribution in [0.15, 0.2) is 28.2 Å². The number of ether oxygens (including phenoxy) is 1. The first-order valence-electron chi connectivity index (χ1n) is 7.35. The zero-order chi connectivity index (χ0) is 16.4. The molecule has 1 aliphatic heterocycles. The van der Waals surface area contributed by atoms with E-state index in [2.05, 4.69) is 14.9 Å². The number of thioether (sulfide) groups is 1. The summed E-state index contributed by atoms with van der Waals surface area (Å²) in [7, 11) is 1.60. The monoisotopic (exact) mass is 333 g/mol. The van der Waals surface area contributed by atoms with E-state index in [1.54, 1.807) is 19.2 Å². The number of aromatic hydroxyl groups is 1. The van der Waals surface area contributed by atoms with E-state index in [0.29, 0.717) is 24.0 Å². The van der Waals surface area contributed by atoms with Crippen LogP contribution in [-0.2, 0) is 19.5 Å². The normalized spacial score (nSPS) is 14.5. The number of nitrogens with one attached hydrogen (secondary N) is 1. The Kier molecular flexibility index (Phi) is 4.58. The summed E-state index contributed by atoms with van der Waals surface area (Å²) >= 11 is 1.44. The molecule has 1 aromatic carbocycles. The molecule has 2 aromatic rings. The van der Waals surface area contributed by atoms with Gasteiger partial charge in [0.1, 0.15) is 11.5 Å². The van der Waals surface area contributed by atoms with E-state index in [1.165, 1.54) is 11.8 Å². The van der Waals surface area contributed by atoms with Crippen LogP contribution in [0.2, 0.25) is 0 Å². The minimum Gasteiger partial charge on any atom is -0.508 e. The van der Waals surface area contributed by atoms with Crippen LogP contribution in [0.1, 0.15) is 16.8 Å². The van der Waals surface area contributed by atoms with Gasteiger partial charge in [-0.2, -0.15) is 0 Å². The Morgan fingerprint density at radius 1 is 1.48 bits per heavy atom. The largest absolute Gasteiger partial charge is 0.508 e. The molecule has 23 heavy (non-hydrogen) atoms. The molecule has 1 aromatic heterocycles. The number of hydrogen-bond acceptors (Lipinski definition) is 6. The van der Waals surface area contributed by atoms with Crippen molar-refractivity contribution in [3.05, 3.63) is 45.4 Å². The van der Waals surface area contributed by atoms with Crippen molar-refractivity contribution in [3.63, 3.8) is 0 Å². The molecule has 122 valence electrons. The Bertz CT molecular complexity index is 776. The van der Waals surface area contributed by atoms with E-state index in [-0.39, 0.29) is 11.3 Å². The number of phenols is 1. The molecule has 0 amide bonds. The summed E-state index contributed by atoms with van der Waals surface area (Å²) in [5.74, 6) is 0.945. The summed E-state index contributed by atoms with van der Waals surface area (Å²) in [5, 5.41) is 10.7. The maximum Gasteiger partial charge on any atom is 0.256 e. The summed E-state index contributed by atoms with van der Waals surface area (Å²) < 4.78 is 5.20. The first-order valence-corrected chi connectivity index (χ1v) is 8.57. The van der Waals surface area contributed by atoms with E-state index in [4.69, 9.17) is 4.74 Å². The SMILES string of the molecule is COc1ccc(O)c(CN2CCc3nc(SC)[nH]c(=O)c3C2)c1. The zero-order valence-corrected chi connectivity index (χ0v) is 13.9. The number of aromatic amines is 1. The first kappa shape index (κ1) is 15.9. The van der Waals surface area contributed by atoms with Gasteiger partial charge < -0.3 is 14.8 Å². The smallest absolute Gasteiger partial charge is 0.256 e. The zero-order valence-electron chi connectivity index (χ0n) is 13.1. The Balaban J connectivity index is 1.81. The van der Waals surface area contributed by atoms with E-state index in [1.807, 2.05) is 12.3 Å². The molecule has 0 atom stereocenters. The summed E-state index contributed by atoms with van der Waals surface area (Å²) in [6.45, 7) is 1.89. The van der Waals surface area contributed by atoms with E-state index >= 15 is 0 Å². The van der Waals surface area contributed by atoms with Gasteiger partial charge in [0, 0.05) is 31.6 Å². The number of phenolic OH excluding ortho intramolecular Hbond substituents is 1. The Morgan fingerprint density at radius 3 is 3.04 bits per heavy atom.